The first-order chi connectivity index (χ1) is 14.5. The van der Waals surface area contributed by atoms with Crippen LogP contribution in [-0.4, -0.2) is 40.0 Å². The first-order valence-electron chi connectivity index (χ1n) is 9.18. The molecule has 5 aromatic rings. The molecular weight excluding hydrogens is 384 g/mol. The molecule has 4 aromatic heterocycles. The number of imidazole rings is 1. The molecule has 0 bridgehead atoms. The Hall–Kier alpha value is -4.27. The number of rotatable bonds is 4. The van der Waals surface area contributed by atoms with E-state index in [1.807, 2.05) is 31.3 Å². The number of carbonyl (C=O) groups is 1. The fraction of sp³-hybridized carbons (Fsp3) is 0.0952. The van der Waals surface area contributed by atoms with Gasteiger partial charge in [0.05, 0.1) is 40.8 Å². The van der Waals surface area contributed by atoms with Gasteiger partial charge in [0.15, 0.2) is 0 Å². The summed E-state index contributed by atoms with van der Waals surface area (Å²) in [6.07, 6.45) is 8.43. The van der Waals surface area contributed by atoms with Crippen molar-refractivity contribution in [3.8, 4) is 16.8 Å². The Labute approximate surface area is 169 Å². The van der Waals surface area contributed by atoms with Crippen LogP contribution in [0.4, 0.5) is 0 Å². The lowest BCUT2D eigenvalue weighted by Gasteiger charge is -2.07. The number of nitrogens with zero attached hydrogens (tertiary/aromatic N) is 6. The normalized spacial score (nSPS) is 11.4. The molecule has 0 atom stereocenters. The van der Waals surface area contributed by atoms with Crippen molar-refractivity contribution >= 4 is 27.9 Å². The highest BCUT2D eigenvalue weighted by atomic mass is 16.4. The number of aryl methyl sites for hydroxylation is 1. The predicted octanol–water partition coefficient (Wildman–Crippen LogP) is 2.22. The standard InChI is InChI=1S/C21H16N6O3/c1-25-18-10-23-8-15(16(18)9-24-25)13-2-4-14(5-3-13)27-17-6-7-22-11-19(17)26(21(27)30)12-20(28)29/h2-11H,12H2,1H3,(H,28,29). The van der Waals surface area contributed by atoms with E-state index >= 15 is 0 Å². The van der Waals surface area contributed by atoms with Crippen molar-refractivity contribution in [2.75, 3.05) is 0 Å². The quantitative estimate of drug-likeness (QED) is 0.496. The molecule has 0 fully saturated rings. The van der Waals surface area contributed by atoms with Gasteiger partial charge in [-0.3, -0.25) is 28.6 Å². The van der Waals surface area contributed by atoms with Crippen molar-refractivity contribution in [2.45, 2.75) is 6.54 Å². The van der Waals surface area contributed by atoms with Crippen LogP contribution in [0.15, 0.2) is 66.1 Å². The molecule has 0 amide bonds. The Morgan fingerprint density at radius 3 is 2.50 bits per heavy atom. The second-order valence-electron chi connectivity index (χ2n) is 6.90. The SMILES string of the molecule is Cn1ncc2c(-c3ccc(-n4c(=O)n(CC(=O)O)c5cnccc54)cc3)cncc21. The van der Waals surface area contributed by atoms with Crippen LogP contribution in [0.2, 0.25) is 0 Å². The lowest BCUT2D eigenvalue weighted by atomic mass is 10.0. The molecule has 0 aliphatic heterocycles. The zero-order chi connectivity index (χ0) is 20.8. The van der Waals surface area contributed by atoms with Gasteiger partial charge in [-0.2, -0.15) is 5.10 Å². The van der Waals surface area contributed by atoms with Crippen molar-refractivity contribution < 1.29 is 9.90 Å². The number of aliphatic carboxylic acids is 1. The summed E-state index contributed by atoms with van der Waals surface area (Å²) in [4.78, 5) is 32.5. The molecule has 9 heteroatoms. The van der Waals surface area contributed by atoms with Gasteiger partial charge in [0.2, 0.25) is 0 Å². The number of hydrogen-bond donors (Lipinski definition) is 1. The Kier molecular flexibility index (Phi) is 3.95. The third-order valence-electron chi connectivity index (χ3n) is 5.14. The molecule has 0 saturated heterocycles. The summed E-state index contributed by atoms with van der Waals surface area (Å²) in [7, 11) is 1.87. The highest BCUT2D eigenvalue weighted by molar-refractivity contribution is 5.93. The molecule has 148 valence electrons. The first-order valence-corrected chi connectivity index (χ1v) is 9.18. The lowest BCUT2D eigenvalue weighted by molar-refractivity contribution is -0.137. The molecule has 30 heavy (non-hydrogen) atoms. The van der Waals surface area contributed by atoms with Crippen molar-refractivity contribution in [2.24, 2.45) is 7.05 Å². The van der Waals surface area contributed by atoms with Gasteiger partial charge < -0.3 is 5.11 Å². The molecule has 0 unspecified atom stereocenters. The van der Waals surface area contributed by atoms with E-state index in [9.17, 15) is 14.7 Å². The highest BCUT2D eigenvalue weighted by Gasteiger charge is 2.17. The molecule has 0 aliphatic rings. The predicted molar refractivity (Wildman–Crippen MR) is 110 cm³/mol. The fourth-order valence-corrected chi connectivity index (χ4v) is 3.72. The van der Waals surface area contributed by atoms with E-state index < -0.39 is 18.2 Å². The summed E-state index contributed by atoms with van der Waals surface area (Å²) in [6, 6.07) is 9.18. The molecule has 1 N–H and O–H groups in total. The van der Waals surface area contributed by atoms with Crippen LogP contribution in [0.5, 0.6) is 0 Å². The van der Waals surface area contributed by atoms with E-state index in [-0.39, 0.29) is 0 Å². The largest absolute Gasteiger partial charge is 0.480 e. The van der Waals surface area contributed by atoms with E-state index in [2.05, 4.69) is 15.1 Å². The summed E-state index contributed by atoms with van der Waals surface area (Å²) in [5.74, 6) is -1.09. The van der Waals surface area contributed by atoms with E-state index in [0.29, 0.717) is 16.7 Å². The summed E-state index contributed by atoms with van der Waals surface area (Å²) >= 11 is 0. The maximum atomic E-state index is 13.0. The molecule has 4 heterocycles. The third-order valence-corrected chi connectivity index (χ3v) is 5.14. The molecule has 9 nitrogen and oxygen atoms in total. The van der Waals surface area contributed by atoms with Crippen LogP contribution in [0.1, 0.15) is 0 Å². The summed E-state index contributed by atoms with van der Waals surface area (Å²) in [5.41, 5.74) is 4.08. The van der Waals surface area contributed by atoms with Crippen LogP contribution in [0.3, 0.4) is 0 Å². The highest BCUT2D eigenvalue weighted by Crippen LogP contribution is 2.28. The molecule has 5 rings (SSSR count). The van der Waals surface area contributed by atoms with Crippen LogP contribution in [0, 0.1) is 0 Å². The monoisotopic (exact) mass is 400 g/mol. The van der Waals surface area contributed by atoms with Gasteiger partial charge in [-0.25, -0.2) is 4.79 Å². The van der Waals surface area contributed by atoms with Gasteiger partial charge >= 0.3 is 11.7 Å². The number of fused-ring (bicyclic) bond motifs is 2. The first kappa shape index (κ1) is 17.8. The zero-order valence-corrected chi connectivity index (χ0v) is 15.9. The number of aromatic nitrogens is 6. The van der Waals surface area contributed by atoms with Gasteiger partial charge in [0.25, 0.3) is 0 Å². The fourth-order valence-electron chi connectivity index (χ4n) is 3.72. The third kappa shape index (κ3) is 2.67. The van der Waals surface area contributed by atoms with Gasteiger partial charge in [-0.15, -0.1) is 0 Å². The van der Waals surface area contributed by atoms with E-state index in [0.717, 1.165) is 22.0 Å². The Balaban J connectivity index is 1.65. The van der Waals surface area contributed by atoms with Crippen LogP contribution in [-0.2, 0) is 18.4 Å². The smallest absolute Gasteiger partial charge is 0.334 e. The summed E-state index contributed by atoms with van der Waals surface area (Å²) in [6.45, 7) is -0.430. The molecule has 0 radical (unpaired) electrons. The van der Waals surface area contributed by atoms with Gasteiger partial charge in [0, 0.05) is 30.4 Å². The van der Waals surface area contributed by atoms with Gasteiger partial charge in [-0.05, 0) is 23.8 Å². The average molecular weight is 400 g/mol. The maximum Gasteiger partial charge on any atom is 0.334 e. The number of pyridine rings is 2. The van der Waals surface area contributed by atoms with E-state index in [1.165, 1.54) is 15.3 Å². The van der Waals surface area contributed by atoms with Crippen LogP contribution < -0.4 is 5.69 Å². The molecule has 1 aromatic carbocycles. The molecule has 0 saturated carbocycles. The lowest BCUT2D eigenvalue weighted by Crippen LogP contribution is -2.26. The van der Waals surface area contributed by atoms with Gasteiger partial charge in [0.1, 0.15) is 6.54 Å². The van der Waals surface area contributed by atoms with Crippen molar-refractivity contribution in [3.63, 3.8) is 0 Å². The number of hydrogen-bond acceptors (Lipinski definition) is 5. The topological polar surface area (TPSA) is 108 Å². The minimum absolute atomic E-state index is 0.427. The molecule has 0 aliphatic carbocycles. The van der Waals surface area contributed by atoms with E-state index in [4.69, 9.17) is 0 Å². The second kappa shape index (κ2) is 6.66. The van der Waals surface area contributed by atoms with Crippen LogP contribution >= 0.6 is 0 Å². The van der Waals surface area contributed by atoms with Crippen molar-refractivity contribution in [3.05, 3.63) is 71.8 Å². The average Bonchev–Trinajstić information content (AvgIpc) is 3.26. The van der Waals surface area contributed by atoms with Crippen LogP contribution in [0.25, 0.3) is 38.8 Å². The number of carboxylic acids is 1. The number of benzene rings is 1. The zero-order valence-electron chi connectivity index (χ0n) is 15.9. The van der Waals surface area contributed by atoms with Crippen molar-refractivity contribution in [1.29, 1.82) is 0 Å². The maximum absolute atomic E-state index is 13.0. The Bertz CT molecular complexity index is 1480. The minimum Gasteiger partial charge on any atom is -0.480 e. The Morgan fingerprint density at radius 2 is 1.73 bits per heavy atom. The molecular formula is C21H16N6O3. The van der Waals surface area contributed by atoms with Crippen molar-refractivity contribution in [1.82, 2.24) is 28.9 Å². The second-order valence-corrected chi connectivity index (χ2v) is 6.90. The van der Waals surface area contributed by atoms with E-state index in [1.54, 1.807) is 35.5 Å². The molecule has 0 spiro atoms. The summed E-state index contributed by atoms with van der Waals surface area (Å²) in [5, 5.41) is 14.5. The summed E-state index contributed by atoms with van der Waals surface area (Å²) < 4.78 is 4.47. The number of carboxylic acid groups (broad SMARTS) is 1. The van der Waals surface area contributed by atoms with Gasteiger partial charge in [-0.1, -0.05) is 12.1 Å². The minimum atomic E-state index is -1.09. The Morgan fingerprint density at radius 1 is 0.967 bits per heavy atom.